The highest BCUT2D eigenvalue weighted by Gasteiger charge is 2.03. The molecule has 0 fully saturated rings. The quantitative estimate of drug-likeness (QED) is 0.856. The third-order valence-electron chi connectivity index (χ3n) is 2.58. The minimum atomic E-state index is 0.475. The third kappa shape index (κ3) is 2.98. The summed E-state index contributed by atoms with van der Waals surface area (Å²) in [4.78, 5) is 4.12. The van der Waals surface area contributed by atoms with Gasteiger partial charge in [-0.05, 0) is 18.1 Å². The van der Waals surface area contributed by atoms with Gasteiger partial charge in [0, 0.05) is 6.54 Å². The van der Waals surface area contributed by atoms with E-state index in [1.54, 1.807) is 12.3 Å². The Morgan fingerprint density at radius 3 is 2.78 bits per heavy atom. The van der Waals surface area contributed by atoms with E-state index >= 15 is 0 Å². The van der Waals surface area contributed by atoms with Crippen molar-refractivity contribution in [1.29, 1.82) is 5.26 Å². The molecule has 90 valence electrons. The average Bonchev–Trinajstić information content (AvgIpc) is 2.41. The van der Waals surface area contributed by atoms with Gasteiger partial charge in [0.15, 0.2) is 0 Å². The molecule has 2 aromatic rings. The number of benzene rings is 1. The van der Waals surface area contributed by atoms with Gasteiger partial charge in [0.05, 0.1) is 17.4 Å². The van der Waals surface area contributed by atoms with Gasteiger partial charge in [-0.3, -0.25) is 0 Å². The summed E-state index contributed by atoms with van der Waals surface area (Å²) >= 11 is 0. The normalized spacial score (nSPS) is 9.72. The summed E-state index contributed by atoms with van der Waals surface area (Å²) in [5.74, 6) is 0.586. The standard InChI is InChI=1S/C14H14N4/c15-9-12-8-13(16)10-18-14(12)17-7-6-11-4-2-1-3-5-11/h1-5,8,10H,6-7,16H2,(H,17,18). The Kier molecular flexibility index (Phi) is 3.77. The number of rotatable bonds is 4. The Bertz CT molecular complexity index is 558. The molecule has 1 heterocycles. The van der Waals surface area contributed by atoms with E-state index in [-0.39, 0.29) is 0 Å². The lowest BCUT2D eigenvalue weighted by molar-refractivity contribution is 1.00. The van der Waals surface area contributed by atoms with Crippen LogP contribution in [0.25, 0.3) is 0 Å². The maximum Gasteiger partial charge on any atom is 0.144 e. The average molecular weight is 238 g/mol. The number of hydrogen-bond acceptors (Lipinski definition) is 4. The van der Waals surface area contributed by atoms with E-state index in [0.29, 0.717) is 17.1 Å². The second kappa shape index (κ2) is 5.69. The Morgan fingerprint density at radius 2 is 2.06 bits per heavy atom. The Labute approximate surface area is 106 Å². The molecule has 3 N–H and O–H groups in total. The van der Waals surface area contributed by atoms with Crippen LogP contribution >= 0.6 is 0 Å². The molecule has 0 unspecified atom stereocenters. The van der Waals surface area contributed by atoms with Crippen LogP contribution in [0.3, 0.4) is 0 Å². The first kappa shape index (κ1) is 11.9. The van der Waals surface area contributed by atoms with Gasteiger partial charge in [-0.15, -0.1) is 0 Å². The highest BCUT2D eigenvalue weighted by molar-refractivity contribution is 5.57. The van der Waals surface area contributed by atoms with Crippen LogP contribution in [0.1, 0.15) is 11.1 Å². The molecule has 0 bridgehead atoms. The number of nitrogens with two attached hydrogens (primary N) is 1. The molecule has 0 radical (unpaired) electrons. The Hall–Kier alpha value is -2.54. The van der Waals surface area contributed by atoms with E-state index in [4.69, 9.17) is 11.0 Å². The van der Waals surface area contributed by atoms with Crippen LogP contribution < -0.4 is 11.1 Å². The smallest absolute Gasteiger partial charge is 0.144 e. The van der Waals surface area contributed by atoms with E-state index in [2.05, 4.69) is 28.5 Å². The first-order valence-electron chi connectivity index (χ1n) is 5.73. The first-order chi connectivity index (χ1) is 8.79. The number of nitrogens with one attached hydrogen (secondary N) is 1. The number of nitriles is 1. The number of nitrogen functional groups attached to an aromatic ring is 1. The van der Waals surface area contributed by atoms with Crippen molar-refractivity contribution in [1.82, 2.24) is 4.98 Å². The number of nitrogens with zero attached hydrogens (tertiary/aromatic N) is 2. The van der Waals surface area contributed by atoms with Crippen molar-refractivity contribution >= 4 is 11.5 Å². The summed E-state index contributed by atoms with van der Waals surface area (Å²) in [6.07, 6.45) is 2.43. The molecule has 0 aliphatic carbocycles. The molecule has 0 saturated carbocycles. The lowest BCUT2D eigenvalue weighted by Gasteiger charge is -2.07. The number of aromatic nitrogens is 1. The summed E-state index contributed by atoms with van der Waals surface area (Å²) in [5.41, 5.74) is 7.81. The van der Waals surface area contributed by atoms with Gasteiger partial charge >= 0.3 is 0 Å². The molecule has 18 heavy (non-hydrogen) atoms. The fourth-order valence-electron chi connectivity index (χ4n) is 1.68. The SMILES string of the molecule is N#Cc1cc(N)cnc1NCCc1ccccc1. The number of hydrogen-bond donors (Lipinski definition) is 2. The highest BCUT2D eigenvalue weighted by Crippen LogP contribution is 2.14. The molecule has 4 nitrogen and oxygen atoms in total. The molecule has 0 spiro atoms. The summed E-state index contributed by atoms with van der Waals surface area (Å²) in [5, 5.41) is 12.1. The zero-order valence-electron chi connectivity index (χ0n) is 9.93. The second-order valence-electron chi connectivity index (χ2n) is 3.94. The fourth-order valence-corrected chi connectivity index (χ4v) is 1.68. The summed E-state index contributed by atoms with van der Waals surface area (Å²) < 4.78 is 0. The van der Waals surface area contributed by atoms with Gasteiger partial charge < -0.3 is 11.1 Å². The molecular formula is C14H14N4. The Morgan fingerprint density at radius 1 is 1.28 bits per heavy atom. The summed E-state index contributed by atoms with van der Waals surface area (Å²) in [6, 6.07) is 13.9. The zero-order valence-corrected chi connectivity index (χ0v) is 9.93. The molecule has 1 aromatic heterocycles. The molecule has 1 aromatic carbocycles. The zero-order chi connectivity index (χ0) is 12.8. The largest absolute Gasteiger partial charge is 0.397 e. The van der Waals surface area contributed by atoms with Crippen molar-refractivity contribution in [3.05, 3.63) is 53.7 Å². The van der Waals surface area contributed by atoms with Crippen LogP contribution in [-0.4, -0.2) is 11.5 Å². The van der Waals surface area contributed by atoms with E-state index < -0.39 is 0 Å². The number of anilines is 2. The third-order valence-corrected chi connectivity index (χ3v) is 2.58. The van der Waals surface area contributed by atoms with E-state index in [0.717, 1.165) is 13.0 Å². The second-order valence-corrected chi connectivity index (χ2v) is 3.94. The topological polar surface area (TPSA) is 74.7 Å². The first-order valence-corrected chi connectivity index (χ1v) is 5.73. The van der Waals surface area contributed by atoms with Crippen LogP contribution in [0.15, 0.2) is 42.6 Å². The van der Waals surface area contributed by atoms with Crippen LogP contribution in [0, 0.1) is 11.3 Å². The van der Waals surface area contributed by atoms with Crippen molar-refractivity contribution in [3.63, 3.8) is 0 Å². The molecule has 4 heteroatoms. The minimum Gasteiger partial charge on any atom is -0.397 e. The van der Waals surface area contributed by atoms with E-state index in [9.17, 15) is 0 Å². The van der Waals surface area contributed by atoms with Crippen molar-refractivity contribution < 1.29 is 0 Å². The van der Waals surface area contributed by atoms with Gasteiger partial charge in [-0.2, -0.15) is 5.26 Å². The van der Waals surface area contributed by atoms with Crippen LogP contribution in [0.5, 0.6) is 0 Å². The lowest BCUT2D eigenvalue weighted by Crippen LogP contribution is -2.08. The monoisotopic (exact) mass is 238 g/mol. The number of pyridine rings is 1. The molecule has 0 atom stereocenters. The molecule has 0 aliphatic heterocycles. The summed E-state index contributed by atoms with van der Waals surface area (Å²) in [6.45, 7) is 0.732. The van der Waals surface area contributed by atoms with Gasteiger partial charge in [0.25, 0.3) is 0 Å². The van der Waals surface area contributed by atoms with Crippen molar-refractivity contribution in [2.45, 2.75) is 6.42 Å². The summed E-state index contributed by atoms with van der Waals surface area (Å²) in [7, 11) is 0. The van der Waals surface area contributed by atoms with E-state index in [1.807, 2.05) is 18.2 Å². The maximum atomic E-state index is 8.97. The highest BCUT2D eigenvalue weighted by atomic mass is 15.0. The van der Waals surface area contributed by atoms with Crippen molar-refractivity contribution in [2.24, 2.45) is 0 Å². The predicted octanol–water partition coefficient (Wildman–Crippen LogP) is 2.19. The molecular weight excluding hydrogens is 224 g/mol. The van der Waals surface area contributed by atoms with Crippen LogP contribution in [0.2, 0.25) is 0 Å². The van der Waals surface area contributed by atoms with Gasteiger partial charge in [-0.1, -0.05) is 30.3 Å². The maximum absolute atomic E-state index is 8.97. The van der Waals surface area contributed by atoms with E-state index in [1.165, 1.54) is 5.56 Å². The molecule has 0 saturated heterocycles. The lowest BCUT2D eigenvalue weighted by atomic mass is 10.1. The van der Waals surface area contributed by atoms with Crippen LogP contribution in [0.4, 0.5) is 11.5 Å². The van der Waals surface area contributed by atoms with Crippen LogP contribution in [-0.2, 0) is 6.42 Å². The van der Waals surface area contributed by atoms with Crippen molar-refractivity contribution in [2.75, 3.05) is 17.6 Å². The van der Waals surface area contributed by atoms with Gasteiger partial charge in [-0.25, -0.2) is 4.98 Å². The van der Waals surface area contributed by atoms with Crippen molar-refractivity contribution in [3.8, 4) is 6.07 Å². The van der Waals surface area contributed by atoms with Gasteiger partial charge in [0.2, 0.25) is 0 Å². The molecule has 0 amide bonds. The molecule has 2 rings (SSSR count). The Balaban J connectivity index is 1.97. The van der Waals surface area contributed by atoms with Gasteiger partial charge in [0.1, 0.15) is 11.9 Å². The minimum absolute atomic E-state index is 0.475. The predicted molar refractivity (Wildman–Crippen MR) is 72.0 cm³/mol. The fraction of sp³-hybridized carbons (Fsp3) is 0.143. The molecule has 0 aliphatic rings.